The summed E-state index contributed by atoms with van der Waals surface area (Å²) in [4.78, 5) is 23.5. The van der Waals surface area contributed by atoms with Crippen LogP contribution in [0.25, 0.3) is 5.65 Å². The number of hydrogen-bond donors (Lipinski definition) is 0. The smallest absolute Gasteiger partial charge is 0.256 e. The number of amides is 1. The second-order valence-electron chi connectivity index (χ2n) is 5.82. The van der Waals surface area contributed by atoms with Crippen LogP contribution in [0.5, 0.6) is 0 Å². The molecule has 0 atom stereocenters. The van der Waals surface area contributed by atoms with Crippen LogP contribution in [0.4, 0.5) is 0 Å². The maximum absolute atomic E-state index is 12.9. The molecule has 4 heterocycles. The molecule has 0 N–H and O–H groups in total. The van der Waals surface area contributed by atoms with Crippen LogP contribution in [-0.4, -0.2) is 43.2 Å². The van der Waals surface area contributed by atoms with Gasteiger partial charge in [-0.15, -0.1) is 11.8 Å². The molecule has 1 amide bonds. The number of aryl methyl sites for hydroxylation is 1. The minimum Gasteiger partial charge on any atom is -0.334 e. The average Bonchev–Trinajstić information content (AvgIpc) is 3.01. The second kappa shape index (κ2) is 5.90. The van der Waals surface area contributed by atoms with Crippen LogP contribution in [0.2, 0.25) is 0 Å². The summed E-state index contributed by atoms with van der Waals surface area (Å²) in [7, 11) is 0. The molecule has 7 heteroatoms. The van der Waals surface area contributed by atoms with Crippen molar-refractivity contribution in [2.75, 3.05) is 12.8 Å². The summed E-state index contributed by atoms with van der Waals surface area (Å²) in [5.41, 5.74) is 4.68. The molecular formula is C17H17N5OS. The third-order valence-electron chi connectivity index (χ3n) is 4.25. The lowest BCUT2D eigenvalue weighted by atomic mass is 10.1. The van der Waals surface area contributed by atoms with Gasteiger partial charge < -0.3 is 4.90 Å². The van der Waals surface area contributed by atoms with Gasteiger partial charge in [0.2, 0.25) is 0 Å². The highest BCUT2D eigenvalue weighted by Gasteiger charge is 2.25. The fourth-order valence-corrected chi connectivity index (χ4v) is 3.66. The van der Waals surface area contributed by atoms with Crippen LogP contribution in [-0.2, 0) is 13.0 Å². The number of carbonyl (C=O) groups excluding carboxylic acids is 1. The molecule has 3 aromatic rings. The Balaban J connectivity index is 1.67. The first-order chi connectivity index (χ1) is 11.7. The van der Waals surface area contributed by atoms with Crippen LogP contribution in [0.3, 0.4) is 0 Å². The molecule has 0 saturated carbocycles. The standard InChI is InChI=1S/C17H17N5OS/c1-11-8-15-19-9-12-10-21(7-5-14(12)22(15)20-11)17(23)13-4-3-6-18-16(13)24-2/h3-4,6,8-9H,5,7,10H2,1-2H3. The Bertz CT molecular complexity index is 936. The van der Waals surface area contributed by atoms with E-state index in [9.17, 15) is 4.79 Å². The van der Waals surface area contributed by atoms with E-state index in [4.69, 9.17) is 0 Å². The van der Waals surface area contributed by atoms with E-state index >= 15 is 0 Å². The molecule has 0 saturated heterocycles. The Morgan fingerprint density at radius 2 is 2.21 bits per heavy atom. The molecular weight excluding hydrogens is 322 g/mol. The van der Waals surface area contributed by atoms with Gasteiger partial charge in [-0.25, -0.2) is 14.5 Å². The van der Waals surface area contributed by atoms with E-state index in [-0.39, 0.29) is 5.91 Å². The average molecular weight is 339 g/mol. The number of aromatic nitrogens is 4. The minimum absolute atomic E-state index is 0.0230. The lowest BCUT2D eigenvalue weighted by Gasteiger charge is -2.29. The van der Waals surface area contributed by atoms with Crippen molar-refractivity contribution in [2.45, 2.75) is 24.9 Å². The first kappa shape index (κ1) is 15.1. The number of nitrogens with zero attached hydrogens (tertiary/aromatic N) is 5. The van der Waals surface area contributed by atoms with Crippen LogP contribution in [0.1, 0.15) is 27.3 Å². The predicted molar refractivity (Wildman–Crippen MR) is 92.2 cm³/mol. The maximum atomic E-state index is 12.9. The van der Waals surface area contributed by atoms with Gasteiger partial charge in [0.05, 0.1) is 17.0 Å². The van der Waals surface area contributed by atoms with Gasteiger partial charge in [0, 0.05) is 43.5 Å². The Morgan fingerprint density at radius 3 is 3.04 bits per heavy atom. The topological polar surface area (TPSA) is 63.4 Å². The Kier molecular flexibility index (Phi) is 3.72. The summed E-state index contributed by atoms with van der Waals surface area (Å²) in [5, 5.41) is 5.29. The van der Waals surface area contributed by atoms with Gasteiger partial charge in [-0.05, 0) is 25.3 Å². The first-order valence-corrected chi connectivity index (χ1v) is 9.01. The maximum Gasteiger partial charge on any atom is 0.256 e. The van der Waals surface area contributed by atoms with Gasteiger partial charge in [-0.1, -0.05) is 0 Å². The zero-order chi connectivity index (χ0) is 16.7. The third-order valence-corrected chi connectivity index (χ3v) is 4.97. The molecule has 0 aromatic carbocycles. The van der Waals surface area contributed by atoms with E-state index < -0.39 is 0 Å². The van der Waals surface area contributed by atoms with Crippen molar-refractivity contribution in [3.8, 4) is 0 Å². The molecule has 0 radical (unpaired) electrons. The molecule has 4 rings (SSSR count). The van der Waals surface area contributed by atoms with E-state index in [0.717, 1.165) is 34.0 Å². The van der Waals surface area contributed by atoms with Crippen LogP contribution >= 0.6 is 11.8 Å². The Labute approximate surface area is 143 Å². The molecule has 0 unspecified atom stereocenters. The molecule has 0 bridgehead atoms. The molecule has 1 aliphatic rings. The summed E-state index contributed by atoms with van der Waals surface area (Å²) in [6.45, 7) is 3.19. The molecule has 24 heavy (non-hydrogen) atoms. The zero-order valence-corrected chi connectivity index (χ0v) is 14.4. The second-order valence-corrected chi connectivity index (χ2v) is 6.62. The van der Waals surface area contributed by atoms with E-state index in [1.807, 2.05) is 47.0 Å². The van der Waals surface area contributed by atoms with E-state index in [0.29, 0.717) is 18.7 Å². The summed E-state index contributed by atoms with van der Waals surface area (Å²) in [6, 6.07) is 5.62. The quantitative estimate of drug-likeness (QED) is 0.671. The fourth-order valence-electron chi connectivity index (χ4n) is 3.12. The number of pyridine rings is 1. The Hall–Kier alpha value is -2.41. The van der Waals surface area contributed by atoms with Crippen molar-refractivity contribution in [2.24, 2.45) is 0 Å². The highest BCUT2D eigenvalue weighted by molar-refractivity contribution is 7.98. The largest absolute Gasteiger partial charge is 0.334 e. The highest BCUT2D eigenvalue weighted by Crippen LogP contribution is 2.24. The van der Waals surface area contributed by atoms with Gasteiger partial charge in [0.25, 0.3) is 5.91 Å². The summed E-state index contributed by atoms with van der Waals surface area (Å²) in [5.74, 6) is 0.0230. The molecule has 6 nitrogen and oxygen atoms in total. The number of carbonyl (C=O) groups is 1. The van der Waals surface area contributed by atoms with Crippen molar-refractivity contribution in [3.63, 3.8) is 0 Å². The zero-order valence-electron chi connectivity index (χ0n) is 13.6. The number of fused-ring (bicyclic) bond motifs is 3. The lowest BCUT2D eigenvalue weighted by molar-refractivity contribution is 0.0728. The van der Waals surface area contributed by atoms with Gasteiger partial charge in [0.15, 0.2) is 5.65 Å². The number of thioether (sulfide) groups is 1. The van der Waals surface area contributed by atoms with E-state index in [2.05, 4.69) is 15.1 Å². The molecule has 0 fully saturated rings. The lowest BCUT2D eigenvalue weighted by Crippen LogP contribution is -2.37. The highest BCUT2D eigenvalue weighted by atomic mass is 32.2. The van der Waals surface area contributed by atoms with Gasteiger partial charge in [-0.3, -0.25) is 4.79 Å². The van der Waals surface area contributed by atoms with E-state index in [1.165, 1.54) is 11.8 Å². The number of hydrogen-bond acceptors (Lipinski definition) is 5. The molecule has 0 spiro atoms. The monoisotopic (exact) mass is 339 g/mol. The van der Waals surface area contributed by atoms with Crippen molar-refractivity contribution >= 4 is 23.3 Å². The molecule has 122 valence electrons. The SMILES string of the molecule is CSc1ncccc1C(=O)N1CCc2c(cnc3cc(C)nn23)C1. The molecule has 3 aromatic heterocycles. The summed E-state index contributed by atoms with van der Waals surface area (Å²) < 4.78 is 1.91. The predicted octanol–water partition coefficient (Wildman–Crippen LogP) is 2.35. The Morgan fingerprint density at radius 1 is 1.33 bits per heavy atom. The normalized spacial score (nSPS) is 14.0. The van der Waals surface area contributed by atoms with E-state index in [1.54, 1.807) is 6.20 Å². The van der Waals surface area contributed by atoms with Crippen LogP contribution < -0.4 is 0 Å². The van der Waals surface area contributed by atoms with Crippen molar-refractivity contribution in [3.05, 3.63) is 53.1 Å². The molecule has 1 aliphatic heterocycles. The third kappa shape index (κ3) is 2.45. The van der Waals surface area contributed by atoms with Crippen LogP contribution in [0.15, 0.2) is 35.6 Å². The van der Waals surface area contributed by atoms with Gasteiger partial charge in [-0.2, -0.15) is 5.10 Å². The van der Waals surface area contributed by atoms with Crippen molar-refractivity contribution < 1.29 is 4.79 Å². The first-order valence-electron chi connectivity index (χ1n) is 7.79. The summed E-state index contributed by atoms with van der Waals surface area (Å²) >= 11 is 1.49. The van der Waals surface area contributed by atoms with Crippen molar-refractivity contribution in [1.82, 2.24) is 24.5 Å². The number of rotatable bonds is 2. The summed E-state index contributed by atoms with van der Waals surface area (Å²) in [6.07, 6.45) is 6.29. The van der Waals surface area contributed by atoms with Crippen molar-refractivity contribution in [1.29, 1.82) is 0 Å². The molecule has 0 aliphatic carbocycles. The fraction of sp³-hybridized carbons (Fsp3) is 0.294. The van der Waals surface area contributed by atoms with Gasteiger partial charge >= 0.3 is 0 Å². The van der Waals surface area contributed by atoms with Gasteiger partial charge in [0.1, 0.15) is 5.03 Å². The minimum atomic E-state index is 0.0230. The van der Waals surface area contributed by atoms with Crippen LogP contribution in [0, 0.1) is 6.92 Å².